The standard InChI is InChI=1S/C27H26N6O2/c1-35-25-7-3-19-8-18(2-6-24(19)30-25)20-9-23(12-28-10-20)31-14-27(15-31)16-32(17-27)26(34)21-11-29-33(13-21)22-4-5-22/h2-3,6-13,22H,4-5,14-17H2,1H3. The SMILES string of the molecule is COc1ccc2cc(-c3cncc(N4CC5(CN(C(=O)c6cnn(C7CC7)c6)C5)C4)c3)ccc2n1. The molecule has 2 aliphatic heterocycles. The van der Waals surface area contributed by atoms with Crippen LogP contribution in [0, 0.1) is 5.41 Å². The lowest BCUT2D eigenvalue weighted by Crippen LogP contribution is -2.73. The number of anilines is 1. The quantitative estimate of drug-likeness (QED) is 0.445. The molecule has 2 saturated heterocycles. The van der Waals surface area contributed by atoms with Gasteiger partial charge in [0.1, 0.15) is 0 Å². The summed E-state index contributed by atoms with van der Waals surface area (Å²) in [6, 6.07) is 12.8. The maximum absolute atomic E-state index is 12.8. The zero-order valence-corrected chi connectivity index (χ0v) is 19.6. The van der Waals surface area contributed by atoms with Crippen molar-refractivity contribution < 1.29 is 9.53 Å². The molecule has 0 radical (unpaired) electrons. The van der Waals surface area contributed by atoms with Crippen molar-refractivity contribution in [1.29, 1.82) is 0 Å². The molecule has 3 fully saturated rings. The van der Waals surface area contributed by atoms with E-state index in [0.717, 1.165) is 53.9 Å². The van der Waals surface area contributed by atoms with Crippen molar-refractivity contribution in [1.82, 2.24) is 24.6 Å². The normalized spacial score (nSPS) is 18.4. The first-order valence-electron chi connectivity index (χ1n) is 12.1. The van der Waals surface area contributed by atoms with Crippen LogP contribution in [0.3, 0.4) is 0 Å². The van der Waals surface area contributed by atoms with E-state index >= 15 is 0 Å². The Hall–Kier alpha value is -3.94. The minimum absolute atomic E-state index is 0.105. The Kier molecular flexibility index (Phi) is 4.40. The number of benzene rings is 1. The van der Waals surface area contributed by atoms with Crippen LogP contribution in [-0.4, -0.2) is 63.8 Å². The molecule has 1 saturated carbocycles. The summed E-state index contributed by atoms with van der Waals surface area (Å²) in [4.78, 5) is 26.2. The van der Waals surface area contributed by atoms with Gasteiger partial charge in [0.15, 0.2) is 0 Å². The summed E-state index contributed by atoms with van der Waals surface area (Å²) in [6.45, 7) is 3.52. The number of carbonyl (C=O) groups is 1. The van der Waals surface area contributed by atoms with Crippen molar-refractivity contribution in [3.05, 3.63) is 66.7 Å². The number of hydrogen-bond acceptors (Lipinski definition) is 6. The summed E-state index contributed by atoms with van der Waals surface area (Å²) in [5, 5.41) is 5.43. The Morgan fingerprint density at radius 2 is 1.86 bits per heavy atom. The van der Waals surface area contributed by atoms with Crippen molar-refractivity contribution in [2.75, 3.05) is 38.2 Å². The average Bonchev–Trinajstić information content (AvgIpc) is 3.58. The molecule has 3 aliphatic rings. The second kappa shape index (κ2) is 7.53. The Bertz CT molecular complexity index is 1450. The number of nitrogens with zero attached hydrogens (tertiary/aromatic N) is 6. The number of pyridine rings is 2. The summed E-state index contributed by atoms with van der Waals surface area (Å²) in [5.41, 5.74) is 5.14. The van der Waals surface area contributed by atoms with Crippen molar-refractivity contribution in [2.24, 2.45) is 5.41 Å². The first kappa shape index (κ1) is 20.4. The van der Waals surface area contributed by atoms with E-state index in [9.17, 15) is 4.79 Å². The van der Waals surface area contributed by atoms with Gasteiger partial charge in [-0.15, -0.1) is 0 Å². The number of carbonyl (C=O) groups excluding carboxylic acids is 1. The van der Waals surface area contributed by atoms with E-state index in [1.54, 1.807) is 13.3 Å². The van der Waals surface area contributed by atoms with Crippen LogP contribution in [0.1, 0.15) is 29.2 Å². The smallest absolute Gasteiger partial charge is 0.257 e. The van der Waals surface area contributed by atoms with Gasteiger partial charge in [-0.05, 0) is 42.7 Å². The van der Waals surface area contributed by atoms with Crippen molar-refractivity contribution >= 4 is 22.5 Å². The van der Waals surface area contributed by atoms with E-state index in [4.69, 9.17) is 4.74 Å². The third-order valence-electron chi connectivity index (χ3n) is 7.46. The topological polar surface area (TPSA) is 76.4 Å². The molecular weight excluding hydrogens is 440 g/mol. The Labute approximate surface area is 203 Å². The lowest BCUT2D eigenvalue weighted by molar-refractivity contribution is -0.0105. The molecular formula is C27H26N6O2. The van der Waals surface area contributed by atoms with Crippen LogP contribution in [0.25, 0.3) is 22.0 Å². The number of fused-ring (bicyclic) bond motifs is 1. The Balaban J connectivity index is 1.01. The van der Waals surface area contributed by atoms with Gasteiger partial charge in [-0.25, -0.2) is 4.98 Å². The molecule has 7 rings (SSSR count). The lowest BCUT2D eigenvalue weighted by atomic mass is 9.72. The predicted molar refractivity (Wildman–Crippen MR) is 133 cm³/mol. The molecule has 0 unspecified atom stereocenters. The number of likely N-dealkylation sites (tertiary alicyclic amines) is 1. The fraction of sp³-hybridized carbons (Fsp3) is 0.333. The van der Waals surface area contributed by atoms with Gasteiger partial charge in [-0.3, -0.25) is 14.5 Å². The van der Waals surface area contributed by atoms with Crippen LogP contribution >= 0.6 is 0 Å². The molecule has 5 heterocycles. The van der Waals surface area contributed by atoms with Crippen LogP contribution in [0.4, 0.5) is 5.69 Å². The van der Waals surface area contributed by atoms with Gasteiger partial charge in [-0.1, -0.05) is 6.07 Å². The van der Waals surface area contributed by atoms with Crippen LogP contribution in [-0.2, 0) is 0 Å². The second-order valence-electron chi connectivity index (χ2n) is 10.2. The minimum atomic E-state index is 0.105. The van der Waals surface area contributed by atoms with Crippen molar-refractivity contribution in [3.8, 4) is 17.0 Å². The molecule has 1 aromatic carbocycles. The first-order valence-corrected chi connectivity index (χ1v) is 12.1. The maximum Gasteiger partial charge on any atom is 0.257 e. The highest BCUT2D eigenvalue weighted by molar-refractivity contribution is 5.94. The zero-order valence-electron chi connectivity index (χ0n) is 19.6. The third-order valence-corrected chi connectivity index (χ3v) is 7.46. The van der Waals surface area contributed by atoms with E-state index in [-0.39, 0.29) is 11.3 Å². The summed E-state index contributed by atoms with van der Waals surface area (Å²) >= 11 is 0. The monoisotopic (exact) mass is 466 g/mol. The van der Waals surface area contributed by atoms with Gasteiger partial charge in [0.25, 0.3) is 5.91 Å². The molecule has 0 atom stereocenters. The Morgan fingerprint density at radius 1 is 1.00 bits per heavy atom. The number of aromatic nitrogens is 4. The van der Waals surface area contributed by atoms with Gasteiger partial charge in [0.2, 0.25) is 5.88 Å². The maximum atomic E-state index is 12.8. The summed E-state index contributed by atoms with van der Waals surface area (Å²) < 4.78 is 7.17. The predicted octanol–water partition coefficient (Wildman–Crippen LogP) is 3.80. The van der Waals surface area contributed by atoms with Gasteiger partial charge >= 0.3 is 0 Å². The highest BCUT2D eigenvalue weighted by Gasteiger charge is 2.53. The van der Waals surface area contributed by atoms with E-state index in [0.29, 0.717) is 17.5 Å². The average molecular weight is 467 g/mol. The fourth-order valence-electron chi connectivity index (χ4n) is 5.38. The van der Waals surface area contributed by atoms with E-state index in [1.807, 2.05) is 46.4 Å². The summed E-state index contributed by atoms with van der Waals surface area (Å²) in [5.74, 6) is 0.721. The van der Waals surface area contributed by atoms with Gasteiger partial charge in [0.05, 0.1) is 42.3 Å². The minimum Gasteiger partial charge on any atom is -0.481 e. The molecule has 1 aliphatic carbocycles. The van der Waals surface area contributed by atoms with E-state index in [2.05, 4.69) is 38.2 Å². The summed E-state index contributed by atoms with van der Waals surface area (Å²) in [6.07, 6.45) is 9.80. The second-order valence-corrected chi connectivity index (χ2v) is 10.2. The summed E-state index contributed by atoms with van der Waals surface area (Å²) in [7, 11) is 1.63. The van der Waals surface area contributed by atoms with E-state index < -0.39 is 0 Å². The molecule has 0 bridgehead atoms. The third kappa shape index (κ3) is 3.51. The van der Waals surface area contributed by atoms with Gasteiger partial charge in [0, 0.05) is 61.0 Å². The van der Waals surface area contributed by atoms with Gasteiger partial charge < -0.3 is 14.5 Å². The molecule has 0 N–H and O–H groups in total. The largest absolute Gasteiger partial charge is 0.481 e. The fourth-order valence-corrected chi connectivity index (χ4v) is 5.38. The molecule has 35 heavy (non-hydrogen) atoms. The molecule has 1 amide bonds. The van der Waals surface area contributed by atoms with Crippen LogP contribution < -0.4 is 9.64 Å². The number of ether oxygens (including phenoxy) is 1. The van der Waals surface area contributed by atoms with E-state index in [1.165, 1.54) is 12.8 Å². The molecule has 8 heteroatoms. The first-order chi connectivity index (χ1) is 17.1. The number of amides is 1. The molecule has 4 aromatic rings. The Morgan fingerprint density at radius 3 is 2.66 bits per heavy atom. The highest BCUT2D eigenvalue weighted by Crippen LogP contribution is 2.43. The molecule has 176 valence electrons. The van der Waals surface area contributed by atoms with Crippen molar-refractivity contribution in [2.45, 2.75) is 18.9 Å². The molecule has 1 spiro atoms. The lowest BCUT2D eigenvalue weighted by Gasteiger charge is -2.60. The van der Waals surface area contributed by atoms with Crippen molar-refractivity contribution in [3.63, 3.8) is 0 Å². The molecule has 8 nitrogen and oxygen atoms in total. The number of methoxy groups -OCH3 is 1. The molecule has 3 aromatic heterocycles. The number of rotatable bonds is 5. The van der Waals surface area contributed by atoms with Gasteiger partial charge in [-0.2, -0.15) is 5.10 Å². The zero-order chi connectivity index (χ0) is 23.6. The van der Waals surface area contributed by atoms with Crippen LogP contribution in [0.15, 0.2) is 61.2 Å². The van der Waals surface area contributed by atoms with Crippen LogP contribution in [0.5, 0.6) is 5.88 Å². The number of hydrogen-bond donors (Lipinski definition) is 0. The highest BCUT2D eigenvalue weighted by atomic mass is 16.5. The van der Waals surface area contributed by atoms with Crippen LogP contribution in [0.2, 0.25) is 0 Å².